The van der Waals surface area contributed by atoms with E-state index in [4.69, 9.17) is 11.6 Å². The number of carbonyl (C=O) groups is 1. The Morgan fingerprint density at radius 2 is 1.69 bits per heavy atom. The number of anilines is 1. The first-order valence-electron chi connectivity index (χ1n) is 9.26. The van der Waals surface area contributed by atoms with Gasteiger partial charge in [-0.15, -0.1) is 5.10 Å². The van der Waals surface area contributed by atoms with E-state index >= 15 is 0 Å². The summed E-state index contributed by atoms with van der Waals surface area (Å²) in [6, 6.07) is 17.1. The van der Waals surface area contributed by atoms with Gasteiger partial charge in [0.15, 0.2) is 5.82 Å². The molecule has 0 bridgehead atoms. The Balaban J connectivity index is 1.77. The third kappa shape index (κ3) is 3.59. The molecule has 0 aliphatic heterocycles. The summed E-state index contributed by atoms with van der Waals surface area (Å²) >= 11 is 6.30. The molecule has 4 aromatic rings. The second-order valence-corrected chi connectivity index (χ2v) is 7.26. The Labute approximate surface area is 173 Å². The zero-order chi connectivity index (χ0) is 20.5. The topological polar surface area (TPSA) is 63.4 Å². The Kier molecular flexibility index (Phi) is 5.03. The highest BCUT2D eigenvalue weighted by Crippen LogP contribution is 2.22. The lowest BCUT2D eigenvalue weighted by Gasteiger charge is -2.22. The minimum atomic E-state index is -0.105. The molecule has 1 amide bonds. The molecule has 0 saturated heterocycles. The summed E-state index contributed by atoms with van der Waals surface area (Å²) in [6.45, 7) is 5.85. The Morgan fingerprint density at radius 1 is 1.00 bits per heavy atom. The van der Waals surface area contributed by atoms with Gasteiger partial charge in [-0.2, -0.15) is 9.50 Å². The number of nitrogens with zero attached hydrogens (tertiary/aromatic N) is 5. The van der Waals surface area contributed by atoms with Crippen LogP contribution in [0.15, 0.2) is 54.6 Å². The normalized spacial score (nSPS) is 11.0. The number of fused-ring (bicyclic) bond motifs is 1. The Hall–Kier alpha value is -3.25. The molecular formula is C22H20ClN5O. The highest BCUT2D eigenvalue weighted by Gasteiger charge is 2.22. The third-order valence-electron chi connectivity index (χ3n) is 4.84. The van der Waals surface area contributed by atoms with Crippen molar-refractivity contribution in [2.75, 3.05) is 4.90 Å². The van der Waals surface area contributed by atoms with E-state index in [-0.39, 0.29) is 12.5 Å². The molecule has 0 fully saturated rings. The molecule has 0 N–H and O–H groups in total. The van der Waals surface area contributed by atoms with Crippen LogP contribution in [0.3, 0.4) is 0 Å². The Morgan fingerprint density at radius 3 is 2.41 bits per heavy atom. The summed E-state index contributed by atoms with van der Waals surface area (Å²) < 4.78 is 1.62. The van der Waals surface area contributed by atoms with Crippen LogP contribution < -0.4 is 4.90 Å². The maximum atomic E-state index is 13.4. The highest BCUT2D eigenvalue weighted by atomic mass is 35.5. The van der Waals surface area contributed by atoms with Gasteiger partial charge in [-0.25, -0.2) is 4.98 Å². The van der Waals surface area contributed by atoms with Crippen LogP contribution in [0.4, 0.5) is 5.69 Å². The summed E-state index contributed by atoms with van der Waals surface area (Å²) in [5.74, 6) is 0.857. The maximum Gasteiger partial charge on any atom is 0.258 e. The fraction of sp³-hybridized carbons (Fsp3) is 0.182. The number of halogens is 1. The first-order chi connectivity index (χ1) is 14.0. The molecule has 4 rings (SSSR count). The van der Waals surface area contributed by atoms with E-state index in [9.17, 15) is 4.79 Å². The molecule has 0 spiro atoms. The number of hydrogen-bond donors (Lipinski definition) is 0. The summed E-state index contributed by atoms with van der Waals surface area (Å²) in [5, 5.41) is 5.10. The minimum Gasteiger partial charge on any atom is -0.301 e. The smallest absolute Gasteiger partial charge is 0.258 e. The summed E-state index contributed by atoms with van der Waals surface area (Å²) in [6.07, 6.45) is 0. The summed E-state index contributed by atoms with van der Waals surface area (Å²) in [5.41, 5.74) is 3.81. The van der Waals surface area contributed by atoms with Crippen molar-refractivity contribution >= 4 is 29.0 Å². The van der Waals surface area contributed by atoms with Gasteiger partial charge in [0.05, 0.1) is 23.0 Å². The van der Waals surface area contributed by atoms with Gasteiger partial charge in [0.25, 0.3) is 11.7 Å². The number of rotatable bonds is 4. The number of para-hydroxylation sites is 1. The van der Waals surface area contributed by atoms with E-state index in [0.717, 1.165) is 16.9 Å². The lowest BCUT2D eigenvalue weighted by Crippen LogP contribution is -2.31. The predicted octanol–water partition coefficient (Wildman–Crippen LogP) is 4.55. The van der Waals surface area contributed by atoms with Crippen molar-refractivity contribution in [1.29, 1.82) is 0 Å². The molecule has 146 valence electrons. The van der Waals surface area contributed by atoms with Crippen LogP contribution in [0.25, 0.3) is 5.78 Å². The minimum absolute atomic E-state index is 0.105. The summed E-state index contributed by atoms with van der Waals surface area (Å²) in [7, 11) is 0. The molecule has 7 heteroatoms. The van der Waals surface area contributed by atoms with Gasteiger partial charge in [-0.05, 0) is 44.5 Å². The number of hydrogen-bond acceptors (Lipinski definition) is 4. The van der Waals surface area contributed by atoms with Crippen molar-refractivity contribution in [3.05, 3.63) is 88.0 Å². The Bertz CT molecular complexity index is 1200. The SMILES string of the molecule is Cc1ccccc1C(=O)N(Cc1nc2nc(C)c(Cl)c(C)n2n1)c1ccccc1. The van der Waals surface area contributed by atoms with Crippen molar-refractivity contribution in [2.24, 2.45) is 0 Å². The molecule has 2 aromatic heterocycles. The van der Waals surface area contributed by atoms with Gasteiger partial charge in [-0.3, -0.25) is 4.79 Å². The fourth-order valence-corrected chi connectivity index (χ4v) is 3.37. The largest absolute Gasteiger partial charge is 0.301 e. The van der Waals surface area contributed by atoms with Gasteiger partial charge in [0.2, 0.25) is 0 Å². The fourth-order valence-electron chi connectivity index (χ4n) is 3.25. The van der Waals surface area contributed by atoms with Crippen molar-refractivity contribution < 1.29 is 4.79 Å². The van der Waals surface area contributed by atoms with Gasteiger partial charge >= 0.3 is 0 Å². The van der Waals surface area contributed by atoms with E-state index in [2.05, 4.69) is 15.1 Å². The van der Waals surface area contributed by atoms with E-state index in [0.29, 0.717) is 27.9 Å². The molecule has 0 saturated carbocycles. The lowest BCUT2D eigenvalue weighted by atomic mass is 10.1. The average Bonchev–Trinajstić information content (AvgIpc) is 3.13. The summed E-state index contributed by atoms with van der Waals surface area (Å²) in [4.78, 5) is 24.0. The third-order valence-corrected chi connectivity index (χ3v) is 5.39. The number of benzene rings is 2. The standard InChI is InChI=1S/C22H20ClN5O/c1-14-9-7-8-12-18(14)21(29)27(17-10-5-4-6-11-17)13-19-25-22-24-15(2)20(23)16(3)28(22)26-19/h4-12H,13H2,1-3H3. The van der Waals surface area contributed by atoms with Gasteiger partial charge in [0, 0.05) is 11.3 Å². The van der Waals surface area contributed by atoms with E-state index < -0.39 is 0 Å². The van der Waals surface area contributed by atoms with Crippen LogP contribution in [-0.2, 0) is 6.54 Å². The van der Waals surface area contributed by atoms with Crippen molar-refractivity contribution in [3.8, 4) is 0 Å². The molecule has 29 heavy (non-hydrogen) atoms. The molecule has 0 radical (unpaired) electrons. The van der Waals surface area contributed by atoms with Crippen LogP contribution in [0.5, 0.6) is 0 Å². The lowest BCUT2D eigenvalue weighted by molar-refractivity contribution is 0.0984. The second-order valence-electron chi connectivity index (χ2n) is 6.88. The van der Waals surface area contributed by atoms with Crippen LogP contribution in [-0.4, -0.2) is 25.5 Å². The number of aromatic nitrogens is 4. The van der Waals surface area contributed by atoms with Crippen LogP contribution >= 0.6 is 11.6 Å². The highest BCUT2D eigenvalue weighted by molar-refractivity contribution is 6.31. The molecule has 6 nitrogen and oxygen atoms in total. The zero-order valence-corrected chi connectivity index (χ0v) is 17.2. The van der Waals surface area contributed by atoms with Gasteiger partial charge in [-0.1, -0.05) is 48.0 Å². The van der Waals surface area contributed by atoms with E-state index in [1.165, 1.54) is 0 Å². The number of carbonyl (C=O) groups excluding carboxylic acids is 1. The van der Waals surface area contributed by atoms with Gasteiger partial charge in [0.1, 0.15) is 0 Å². The van der Waals surface area contributed by atoms with E-state index in [1.54, 1.807) is 9.42 Å². The molecule has 2 heterocycles. The quantitative estimate of drug-likeness (QED) is 0.499. The molecule has 0 unspecified atom stereocenters. The number of aryl methyl sites for hydroxylation is 3. The number of amides is 1. The van der Waals surface area contributed by atoms with E-state index in [1.807, 2.05) is 75.4 Å². The van der Waals surface area contributed by atoms with Crippen molar-refractivity contribution in [3.63, 3.8) is 0 Å². The predicted molar refractivity (Wildman–Crippen MR) is 113 cm³/mol. The van der Waals surface area contributed by atoms with Crippen LogP contribution in [0.2, 0.25) is 5.02 Å². The molecule has 0 aliphatic rings. The van der Waals surface area contributed by atoms with Crippen LogP contribution in [0.1, 0.15) is 33.1 Å². The van der Waals surface area contributed by atoms with Crippen molar-refractivity contribution in [2.45, 2.75) is 27.3 Å². The first-order valence-corrected chi connectivity index (χ1v) is 9.64. The molecular weight excluding hydrogens is 386 g/mol. The molecule has 0 atom stereocenters. The second kappa shape index (κ2) is 7.64. The zero-order valence-electron chi connectivity index (χ0n) is 16.4. The van der Waals surface area contributed by atoms with Crippen LogP contribution in [0, 0.1) is 20.8 Å². The molecule has 0 aliphatic carbocycles. The van der Waals surface area contributed by atoms with Gasteiger partial charge < -0.3 is 4.90 Å². The monoisotopic (exact) mass is 405 g/mol. The first kappa shape index (κ1) is 19.1. The maximum absolute atomic E-state index is 13.4. The van der Waals surface area contributed by atoms with Crippen molar-refractivity contribution in [1.82, 2.24) is 19.6 Å². The molecule has 2 aromatic carbocycles. The average molecular weight is 406 g/mol.